The second-order valence-corrected chi connectivity index (χ2v) is 7.33. The Bertz CT molecular complexity index is 855. The highest BCUT2D eigenvalue weighted by molar-refractivity contribution is 6.30. The number of Topliss-reactive ketones (excluding diaryl/α,β-unsaturated/α-hetero) is 1. The Kier molecular flexibility index (Phi) is 6.46. The molecule has 0 spiro atoms. The molecule has 1 aromatic carbocycles. The maximum absolute atomic E-state index is 12.4. The summed E-state index contributed by atoms with van der Waals surface area (Å²) >= 11 is 5.82. The molecule has 148 valence electrons. The normalized spacial score (nSPS) is 14.7. The Balaban J connectivity index is 1.42. The number of amides is 2. The van der Waals surface area contributed by atoms with Crippen LogP contribution >= 0.6 is 11.6 Å². The number of ketones is 1. The molecule has 1 fully saturated rings. The lowest BCUT2D eigenvalue weighted by atomic mass is 9.95. The number of rotatable bonds is 6. The van der Waals surface area contributed by atoms with Crippen LogP contribution < -0.4 is 5.32 Å². The second-order valence-electron chi connectivity index (χ2n) is 6.90. The molecule has 1 saturated heterocycles. The van der Waals surface area contributed by atoms with E-state index in [1.807, 2.05) is 0 Å². The molecule has 2 heterocycles. The summed E-state index contributed by atoms with van der Waals surface area (Å²) < 4.78 is 4.93. The van der Waals surface area contributed by atoms with Crippen LogP contribution in [0.5, 0.6) is 0 Å². The minimum Gasteiger partial charge on any atom is -0.360 e. The number of benzene rings is 1. The summed E-state index contributed by atoms with van der Waals surface area (Å²) in [6.45, 7) is 2.76. The molecule has 8 heteroatoms. The number of nitrogens with one attached hydrogen (secondary N) is 1. The Morgan fingerprint density at radius 3 is 2.46 bits per heavy atom. The average Bonchev–Trinajstić information content (AvgIpc) is 3.11. The summed E-state index contributed by atoms with van der Waals surface area (Å²) in [4.78, 5) is 38.6. The fraction of sp³-hybridized carbons (Fsp3) is 0.400. The highest BCUT2D eigenvalue weighted by atomic mass is 35.5. The van der Waals surface area contributed by atoms with E-state index in [2.05, 4.69) is 10.5 Å². The maximum atomic E-state index is 12.4. The number of hydrogen-bond donors (Lipinski definition) is 1. The first-order chi connectivity index (χ1) is 13.4. The van der Waals surface area contributed by atoms with Gasteiger partial charge in [-0.2, -0.15) is 0 Å². The number of halogens is 1. The van der Waals surface area contributed by atoms with Gasteiger partial charge in [0, 0.05) is 48.5 Å². The molecule has 0 radical (unpaired) electrons. The third kappa shape index (κ3) is 5.19. The highest BCUT2D eigenvalue weighted by Crippen LogP contribution is 2.21. The molecule has 2 amide bonds. The van der Waals surface area contributed by atoms with Gasteiger partial charge in [0.25, 0.3) is 0 Å². The minimum absolute atomic E-state index is 0.0618. The molecule has 1 aromatic heterocycles. The summed E-state index contributed by atoms with van der Waals surface area (Å²) in [5.74, 6) is 0.608. The molecule has 7 nitrogen and oxygen atoms in total. The molecule has 0 aliphatic carbocycles. The number of piperidine rings is 1. The van der Waals surface area contributed by atoms with Crippen molar-refractivity contribution in [2.45, 2.75) is 32.6 Å². The van der Waals surface area contributed by atoms with Gasteiger partial charge in [0.15, 0.2) is 11.6 Å². The van der Waals surface area contributed by atoms with Crippen molar-refractivity contribution >= 4 is 35.0 Å². The Morgan fingerprint density at radius 2 is 1.86 bits per heavy atom. The SMILES string of the molecule is Cc1cc(NC(=O)C2CCN(C(=O)CCC(=O)c3ccc(Cl)cc3)CC2)no1. The summed E-state index contributed by atoms with van der Waals surface area (Å²) in [6.07, 6.45) is 1.49. The van der Waals surface area contributed by atoms with Gasteiger partial charge in [-0.1, -0.05) is 16.8 Å². The van der Waals surface area contributed by atoms with E-state index in [4.69, 9.17) is 16.1 Å². The Hall–Kier alpha value is -2.67. The molecule has 0 bridgehead atoms. The third-order valence-electron chi connectivity index (χ3n) is 4.83. The van der Waals surface area contributed by atoms with Gasteiger partial charge in [0.05, 0.1) is 0 Å². The molecule has 3 rings (SSSR count). The zero-order chi connectivity index (χ0) is 20.1. The van der Waals surface area contributed by atoms with Crippen LogP contribution in [-0.2, 0) is 9.59 Å². The highest BCUT2D eigenvalue weighted by Gasteiger charge is 2.28. The fourth-order valence-corrected chi connectivity index (χ4v) is 3.33. The molecule has 28 heavy (non-hydrogen) atoms. The standard InChI is InChI=1S/C20H22ClN3O4/c1-13-12-18(23-28-13)22-20(27)15-8-10-24(11-9-15)19(26)7-6-17(25)14-2-4-16(21)5-3-14/h2-5,12,15H,6-11H2,1H3,(H,22,23,27). The van der Waals surface area contributed by atoms with Crippen LogP contribution in [0.1, 0.15) is 41.8 Å². The van der Waals surface area contributed by atoms with Gasteiger partial charge < -0.3 is 14.7 Å². The first kappa shape index (κ1) is 20.1. The van der Waals surface area contributed by atoms with Crippen molar-refractivity contribution in [3.05, 3.63) is 46.7 Å². The summed E-state index contributed by atoms with van der Waals surface area (Å²) in [5, 5.41) is 7.06. The van der Waals surface area contributed by atoms with Gasteiger partial charge in [-0.05, 0) is 44.0 Å². The lowest BCUT2D eigenvalue weighted by Gasteiger charge is -2.31. The van der Waals surface area contributed by atoms with Gasteiger partial charge >= 0.3 is 0 Å². The largest absolute Gasteiger partial charge is 0.360 e. The predicted octanol–water partition coefficient (Wildman–Crippen LogP) is 3.48. The summed E-state index contributed by atoms with van der Waals surface area (Å²) in [6, 6.07) is 8.30. The van der Waals surface area contributed by atoms with Crippen LogP contribution in [-0.4, -0.2) is 40.7 Å². The quantitative estimate of drug-likeness (QED) is 0.745. The van der Waals surface area contributed by atoms with E-state index in [0.717, 1.165) is 0 Å². The first-order valence-electron chi connectivity index (χ1n) is 9.23. The van der Waals surface area contributed by atoms with Gasteiger partial charge in [0.1, 0.15) is 5.76 Å². The van der Waals surface area contributed by atoms with Gasteiger partial charge in [-0.3, -0.25) is 14.4 Å². The number of likely N-dealkylation sites (tertiary alicyclic amines) is 1. The zero-order valence-corrected chi connectivity index (χ0v) is 16.4. The van der Waals surface area contributed by atoms with Crippen molar-refractivity contribution in [3.8, 4) is 0 Å². The average molecular weight is 404 g/mol. The van der Waals surface area contributed by atoms with Crippen molar-refractivity contribution < 1.29 is 18.9 Å². The number of carbonyl (C=O) groups excluding carboxylic acids is 3. The molecule has 0 unspecified atom stereocenters. The van der Waals surface area contributed by atoms with Crippen LogP contribution in [0.4, 0.5) is 5.82 Å². The number of hydrogen-bond acceptors (Lipinski definition) is 5. The van der Waals surface area contributed by atoms with E-state index in [1.165, 1.54) is 0 Å². The third-order valence-corrected chi connectivity index (χ3v) is 5.08. The topological polar surface area (TPSA) is 92.5 Å². The van der Waals surface area contributed by atoms with E-state index in [0.29, 0.717) is 48.1 Å². The zero-order valence-electron chi connectivity index (χ0n) is 15.6. The van der Waals surface area contributed by atoms with E-state index in [-0.39, 0.29) is 36.4 Å². The smallest absolute Gasteiger partial charge is 0.228 e. The fourth-order valence-electron chi connectivity index (χ4n) is 3.20. The van der Waals surface area contributed by atoms with Crippen LogP contribution in [0.15, 0.2) is 34.9 Å². The number of aryl methyl sites for hydroxylation is 1. The van der Waals surface area contributed by atoms with Crippen LogP contribution in [0.3, 0.4) is 0 Å². The number of aromatic nitrogens is 1. The van der Waals surface area contributed by atoms with Gasteiger partial charge in [-0.25, -0.2) is 0 Å². The molecule has 2 aromatic rings. The van der Waals surface area contributed by atoms with Crippen molar-refractivity contribution in [1.29, 1.82) is 0 Å². The summed E-state index contributed by atoms with van der Waals surface area (Å²) in [5.41, 5.74) is 0.552. The number of anilines is 1. The predicted molar refractivity (Wildman–Crippen MR) is 104 cm³/mol. The van der Waals surface area contributed by atoms with Crippen molar-refractivity contribution in [3.63, 3.8) is 0 Å². The van der Waals surface area contributed by atoms with E-state index >= 15 is 0 Å². The molecule has 1 aliphatic heterocycles. The van der Waals surface area contributed by atoms with Crippen LogP contribution in [0.2, 0.25) is 5.02 Å². The van der Waals surface area contributed by atoms with Gasteiger partial charge in [-0.15, -0.1) is 0 Å². The van der Waals surface area contributed by atoms with Crippen LogP contribution in [0, 0.1) is 12.8 Å². The molecule has 0 saturated carbocycles. The monoisotopic (exact) mass is 403 g/mol. The molecular formula is C20H22ClN3O4. The first-order valence-corrected chi connectivity index (χ1v) is 9.61. The Morgan fingerprint density at radius 1 is 1.18 bits per heavy atom. The van der Waals surface area contributed by atoms with E-state index in [9.17, 15) is 14.4 Å². The lowest BCUT2D eigenvalue weighted by molar-refractivity contribution is -0.134. The second kappa shape index (κ2) is 9.01. The minimum atomic E-state index is -0.170. The summed E-state index contributed by atoms with van der Waals surface area (Å²) in [7, 11) is 0. The van der Waals surface area contributed by atoms with Crippen molar-refractivity contribution in [2.75, 3.05) is 18.4 Å². The number of carbonyl (C=O) groups is 3. The Labute approximate surface area is 168 Å². The number of nitrogens with zero attached hydrogens (tertiary/aromatic N) is 2. The molecule has 0 atom stereocenters. The van der Waals surface area contributed by atoms with E-state index < -0.39 is 0 Å². The van der Waals surface area contributed by atoms with Crippen molar-refractivity contribution in [1.82, 2.24) is 10.1 Å². The maximum Gasteiger partial charge on any atom is 0.228 e. The molecule has 1 N–H and O–H groups in total. The van der Waals surface area contributed by atoms with Crippen LogP contribution in [0.25, 0.3) is 0 Å². The molecular weight excluding hydrogens is 382 g/mol. The van der Waals surface area contributed by atoms with Crippen molar-refractivity contribution in [2.24, 2.45) is 5.92 Å². The van der Waals surface area contributed by atoms with Gasteiger partial charge in [0.2, 0.25) is 11.8 Å². The molecule has 1 aliphatic rings. The lowest BCUT2D eigenvalue weighted by Crippen LogP contribution is -2.41. The van der Waals surface area contributed by atoms with E-state index in [1.54, 1.807) is 42.2 Å².